The lowest BCUT2D eigenvalue weighted by Crippen LogP contribution is -2.16. The van der Waals surface area contributed by atoms with Gasteiger partial charge in [0.15, 0.2) is 5.69 Å². The minimum atomic E-state index is -4.03. The number of H-pyrrole nitrogens is 1. The first-order chi connectivity index (χ1) is 8.50. The molecule has 2 rings (SSSR count). The summed E-state index contributed by atoms with van der Waals surface area (Å²) in [5.41, 5.74) is 4.83. The Morgan fingerprint density at radius 2 is 1.94 bits per heavy atom. The number of carbonyl (C=O) groups is 1. The van der Waals surface area contributed by atoms with Crippen LogP contribution in [-0.4, -0.2) is 24.3 Å². The first-order valence-electron chi connectivity index (χ1n) is 4.83. The minimum Gasteiger partial charge on any atom is -0.364 e. The number of hydrogen-bond acceptors (Lipinski definition) is 5. The Hall–Kier alpha value is -2.35. The van der Waals surface area contributed by atoms with Crippen LogP contribution in [0.4, 0.5) is 0 Å². The van der Waals surface area contributed by atoms with Crippen LogP contribution in [0.1, 0.15) is 10.5 Å². The maximum absolute atomic E-state index is 11.8. The SMILES string of the molecule is NC(=O)c1[nH]cnc1OS(=O)(=O)c1ccccc1. The molecule has 1 amide bonds. The minimum absolute atomic E-state index is 0.0385. The molecule has 0 fully saturated rings. The molecule has 0 unspecified atom stereocenters. The Morgan fingerprint density at radius 3 is 2.56 bits per heavy atom. The quantitative estimate of drug-likeness (QED) is 0.772. The largest absolute Gasteiger partial charge is 0.364 e. The van der Waals surface area contributed by atoms with Crippen molar-refractivity contribution in [3.8, 4) is 5.88 Å². The molecule has 18 heavy (non-hydrogen) atoms. The maximum atomic E-state index is 11.8. The summed E-state index contributed by atoms with van der Waals surface area (Å²) in [6.45, 7) is 0. The fourth-order valence-electron chi connectivity index (χ4n) is 1.26. The van der Waals surface area contributed by atoms with E-state index in [1.165, 1.54) is 12.1 Å². The highest BCUT2D eigenvalue weighted by Gasteiger charge is 2.21. The monoisotopic (exact) mass is 267 g/mol. The highest BCUT2D eigenvalue weighted by atomic mass is 32.2. The van der Waals surface area contributed by atoms with Gasteiger partial charge in [-0.2, -0.15) is 8.42 Å². The number of benzene rings is 1. The smallest absolute Gasteiger partial charge is 0.340 e. The lowest BCUT2D eigenvalue weighted by molar-refractivity contribution is 0.0994. The Morgan fingerprint density at radius 1 is 1.28 bits per heavy atom. The molecule has 0 aliphatic heterocycles. The molecular weight excluding hydrogens is 258 g/mol. The highest BCUT2D eigenvalue weighted by Crippen LogP contribution is 2.18. The number of nitrogens with zero attached hydrogens (tertiary/aromatic N) is 1. The average molecular weight is 267 g/mol. The Balaban J connectivity index is 2.34. The summed E-state index contributed by atoms with van der Waals surface area (Å²) in [6, 6.07) is 7.51. The van der Waals surface area contributed by atoms with Gasteiger partial charge in [0, 0.05) is 0 Å². The first kappa shape index (κ1) is 12.1. The number of carbonyl (C=O) groups excluding carboxylic acids is 1. The fraction of sp³-hybridized carbons (Fsp3) is 0. The van der Waals surface area contributed by atoms with E-state index in [1.54, 1.807) is 18.2 Å². The van der Waals surface area contributed by atoms with Crippen LogP contribution < -0.4 is 9.92 Å². The Labute approximate surface area is 103 Å². The highest BCUT2D eigenvalue weighted by molar-refractivity contribution is 7.87. The molecule has 1 aromatic carbocycles. The second-order valence-corrected chi connectivity index (χ2v) is 4.84. The molecule has 94 valence electrons. The molecule has 0 atom stereocenters. The van der Waals surface area contributed by atoms with Gasteiger partial charge in [-0.25, -0.2) is 4.98 Å². The number of nitrogens with two attached hydrogens (primary N) is 1. The number of imidazole rings is 1. The number of aromatic amines is 1. The fourth-order valence-corrected chi connectivity index (χ4v) is 2.18. The molecule has 3 N–H and O–H groups in total. The van der Waals surface area contributed by atoms with Crippen molar-refractivity contribution >= 4 is 16.0 Å². The van der Waals surface area contributed by atoms with Crippen molar-refractivity contribution in [1.29, 1.82) is 0 Å². The number of primary amides is 1. The lowest BCUT2D eigenvalue weighted by Gasteiger charge is -2.04. The van der Waals surface area contributed by atoms with E-state index < -0.39 is 16.0 Å². The predicted molar refractivity (Wildman–Crippen MR) is 61.4 cm³/mol. The number of rotatable bonds is 4. The van der Waals surface area contributed by atoms with E-state index in [2.05, 4.69) is 9.97 Å². The summed E-state index contributed by atoms with van der Waals surface area (Å²) in [5, 5.41) is 0. The summed E-state index contributed by atoms with van der Waals surface area (Å²) in [5.74, 6) is -1.22. The number of nitrogens with one attached hydrogen (secondary N) is 1. The van der Waals surface area contributed by atoms with E-state index in [0.29, 0.717) is 0 Å². The molecule has 2 aromatic rings. The number of hydrogen-bond donors (Lipinski definition) is 2. The predicted octanol–water partition coefficient (Wildman–Crippen LogP) is 0.276. The third kappa shape index (κ3) is 2.33. The summed E-state index contributed by atoms with van der Waals surface area (Å²) < 4.78 is 28.4. The van der Waals surface area contributed by atoms with Gasteiger partial charge in [0.2, 0.25) is 0 Å². The van der Waals surface area contributed by atoms with Crippen molar-refractivity contribution in [3.63, 3.8) is 0 Å². The molecule has 8 heteroatoms. The molecule has 1 aromatic heterocycles. The van der Waals surface area contributed by atoms with Crippen LogP contribution in [0.3, 0.4) is 0 Å². The van der Waals surface area contributed by atoms with Crippen LogP contribution in [0.25, 0.3) is 0 Å². The van der Waals surface area contributed by atoms with Crippen molar-refractivity contribution in [3.05, 3.63) is 42.4 Å². The average Bonchev–Trinajstić information content (AvgIpc) is 2.78. The molecule has 1 heterocycles. The molecule has 0 saturated carbocycles. The lowest BCUT2D eigenvalue weighted by atomic mass is 10.4. The van der Waals surface area contributed by atoms with Gasteiger partial charge >= 0.3 is 10.1 Å². The van der Waals surface area contributed by atoms with Crippen molar-refractivity contribution < 1.29 is 17.4 Å². The van der Waals surface area contributed by atoms with E-state index in [9.17, 15) is 13.2 Å². The standard InChI is InChI=1S/C10H9N3O4S/c11-9(14)8-10(13-6-12-8)17-18(15,16)7-4-2-1-3-5-7/h1-6H,(H2,11,14)(H,12,13). The van der Waals surface area contributed by atoms with Crippen LogP contribution in [0.2, 0.25) is 0 Å². The van der Waals surface area contributed by atoms with Gasteiger partial charge in [-0.15, -0.1) is 0 Å². The molecule has 0 spiro atoms. The number of amides is 1. The van der Waals surface area contributed by atoms with Crippen LogP contribution in [0.5, 0.6) is 5.88 Å². The summed E-state index contributed by atoms with van der Waals surface area (Å²) in [6.07, 6.45) is 1.12. The molecule has 0 aliphatic rings. The molecular formula is C10H9N3O4S. The summed E-state index contributed by atoms with van der Waals surface area (Å²) in [7, 11) is -4.03. The van der Waals surface area contributed by atoms with Crippen LogP contribution in [0.15, 0.2) is 41.6 Å². The van der Waals surface area contributed by atoms with Crippen LogP contribution >= 0.6 is 0 Å². The van der Waals surface area contributed by atoms with E-state index >= 15 is 0 Å². The zero-order valence-corrected chi connectivity index (χ0v) is 9.85. The zero-order valence-electron chi connectivity index (χ0n) is 9.03. The van der Waals surface area contributed by atoms with Gasteiger partial charge in [0.1, 0.15) is 4.90 Å². The van der Waals surface area contributed by atoms with Gasteiger partial charge in [0.25, 0.3) is 11.8 Å². The summed E-state index contributed by atoms with van der Waals surface area (Å²) >= 11 is 0. The second kappa shape index (κ2) is 4.49. The maximum Gasteiger partial charge on any atom is 0.340 e. The topological polar surface area (TPSA) is 115 Å². The number of aromatic nitrogens is 2. The van der Waals surface area contributed by atoms with Crippen molar-refractivity contribution in [2.45, 2.75) is 4.90 Å². The molecule has 0 radical (unpaired) electrons. The Kier molecular flexibility index (Phi) is 3.02. The third-order valence-electron chi connectivity index (χ3n) is 2.07. The first-order valence-corrected chi connectivity index (χ1v) is 6.24. The van der Waals surface area contributed by atoms with Gasteiger partial charge in [-0.3, -0.25) is 4.79 Å². The normalized spacial score (nSPS) is 11.1. The zero-order chi connectivity index (χ0) is 13.2. The van der Waals surface area contributed by atoms with E-state index in [1.807, 2.05) is 0 Å². The van der Waals surface area contributed by atoms with Crippen LogP contribution in [-0.2, 0) is 10.1 Å². The molecule has 0 aliphatic carbocycles. The van der Waals surface area contributed by atoms with Crippen molar-refractivity contribution in [1.82, 2.24) is 9.97 Å². The van der Waals surface area contributed by atoms with Gasteiger partial charge in [0.05, 0.1) is 6.33 Å². The molecule has 0 bridgehead atoms. The summed E-state index contributed by atoms with van der Waals surface area (Å²) in [4.78, 5) is 16.9. The molecule has 7 nitrogen and oxygen atoms in total. The van der Waals surface area contributed by atoms with Crippen LogP contribution in [0, 0.1) is 0 Å². The van der Waals surface area contributed by atoms with Gasteiger partial charge in [-0.05, 0) is 12.1 Å². The van der Waals surface area contributed by atoms with Gasteiger partial charge in [-0.1, -0.05) is 18.2 Å². The van der Waals surface area contributed by atoms with Crippen molar-refractivity contribution in [2.75, 3.05) is 0 Å². The van der Waals surface area contributed by atoms with E-state index in [0.717, 1.165) is 6.33 Å². The second-order valence-electron chi connectivity index (χ2n) is 3.30. The van der Waals surface area contributed by atoms with Crippen molar-refractivity contribution in [2.24, 2.45) is 5.73 Å². The van der Waals surface area contributed by atoms with E-state index in [4.69, 9.17) is 9.92 Å². The van der Waals surface area contributed by atoms with Gasteiger partial charge < -0.3 is 14.9 Å². The third-order valence-corrected chi connectivity index (χ3v) is 3.30. The van der Waals surface area contributed by atoms with E-state index in [-0.39, 0.29) is 16.5 Å². The Bertz CT molecular complexity index is 663. The molecule has 0 saturated heterocycles.